The average molecular weight is 633 g/mol. The van der Waals surface area contributed by atoms with Crippen LogP contribution in [0.1, 0.15) is 48.9 Å². The summed E-state index contributed by atoms with van der Waals surface area (Å²) in [7, 11) is -3.60. The molecule has 1 unspecified atom stereocenters. The van der Waals surface area contributed by atoms with E-state index in [1.807, 2.05) is 70.2 Å². The SMILES string of the molecule is Cc1ccc(N(CCCC(=O)N(Cc2c(Cl)cccc2Cl)C(Cc2ccccc2)C(=O)NC(C)C)S(C)(=O)=O)cc1C. The van der Waals surface area contributed by atoms with Crippen LogP contribution in [-0.2, 0) is 32.6 Å². The maximum atomic E-state index is 14.0. The van der Waals surface area contributed by atoms with E-state index >= 15 is 0 Å². The monoisotopic (exact) mass is 631 g/mol. The number of nitrogens with zero attached hydrogens (tertiary/aromatic N) is 2. The molecule has 10 heteroatoms. The lowest BCUT2D eigenvalue weighted by Crippen LogP contribution is -2.52. The number of sulfonamides is 1. The smallest absolute Gasteiger partial charge is 0.243 e. The Morgan fingerprint density at radius 1 is 0.905 bits per heavy atom. The summed E-state index contributed by atoms with van der Waals surface area (Å²) < 4.78 is 26.7. The number of hydrogen-bond acceptors (Lipinski definition) is 4. The van der Waals surface area contributed by atoms with Gasteiger partial charge in [-0.3, -0.25) is 13.9 Å². The number of rotatable bonds is 13. The van der Waals surface area contributed by atoms with Crippen molar-refractivity contribution in [3.63, 3.8) is 0 Å². The van der Waals surface area contributed by atoms with Crippen molar-refractivity contribution in [2.75, 3.05) is 17.1 Å². The minimum absolute atomic E-state index is 0.0131. The first kappa shape index (κ1) is 33.4. The fraction of sp³-hybridized carbons (Fsp3) is 0.375. The highest BCUT2D eigenvalue weighted by molar-refractivity contribution is 7.92. The van der Waals surface area contributed by atoms with Gasteiger partial charge in [0.05, 0.1) is 11.9 Å². The molecule has 7 nitrogen and oxygen atoms in total. The van der Waals surface area contributed by atoms with Crippen molar-refractivity contribution in [3.05, 3.63) is 99.0 Å². The highest BCUT2D eigenvalue weighted by Crippen LogP contribution is 2.28. The molecule has 1 atom stereocenters. The molecule has 0 spiro atoms. The van der Waals surface area contributed by atoms with Gasteiger partial charge >= 0.3 is 0 Å². The Bertz CT molecular complexity index is 1480. The van der Waals surface area contributed by atoms with Crippen LogP contribution in [0.4, 0.5) is 5.69 Å². The molecule has 3 rings (SSSR count). The average Bonchev–Trinajstić information content (AvgIpc) is 2.91. The number of carbonyl (C=O) groups is 2. The number of carbonyl (C=O) groups excluding carboxylic acids is 2. The zero-order valence-electron chi connectivity index (χ0n) is 24.7. The van der Waals surface area contributed by atoms with E-state index in [0.717, 1.165) is 22.9 Å². The Labute approximate surface area is 259 Å². The van der Waals surface area contributed by atoms with Gasteiger partial charge in [0, 0.05) is 47.6 Å². The number of aryl methyl sites for hydroxylation is 2. The lowest BCUT2D eigenvalue weighted by molar-refractivity contribution is -0.141. The number of benzene rings is 3. The van der Waals surface area contributed by atoms with Gasteiger partial charge in [-0.2, -0.15) is 0 Å². The van der Waals surface area contributed by atoms with E-state index in [-0.39, 0.29) is 50.2 Å². The van der Waals surface area contributed by atoms with Crippen molar-refractivity contribution < 1.29 is 18.0 Å². The summed E-state index contributed by atoms with van der Waals surface area (Å²) in [6.07, 6.45) is 1.70. The summed E-state index contributed by atoms with van der Waals surface area (Å²) in [6.45, 7) is 7.74. The predicted molar refractivity (Wildman–Crippen MR) is 172 cm³/mol. The van der Waals surface area contributed by atoms with E-state index in [2.05, 4.69) is 5.32 Å². The predicted octanol–water partition coefficient (Wildman–Crippen LogP) is 6.32. The third-order valence-corrected chi connectivity index (χ3v) is 8.93. The summed E-state index contributed by atoms with van der Waals surface area (Å²) in [5, 5.41) is 3.73. The first-order valence-electron chi connectivity index (χ1n) is 13.9. The molecule has 0 saturated carbocycles. The molecule has 0 aromatic heterocycles. The molecule has 0 bridgehead atoms. The van der Waals surface area contributed by atoms with E-state index in [1.165, 1.54) is 9.21 Å². The first-order chi connectivity index (χ1) is 19.8. The van der Waals surface area contributed by atoms with Crippen molar-refractivity contribution in [3.8, 4) is 0 Å². The zero-order valence-corrected chi connectivity index (χ0v) is 27.1. The summed E-state index contributed by atoms with van der Waals surface area (Å²) in [5.41, 5.74) is 4.01. The molecule has 0 saturated heterocycles. The van der Waals surface area contributed by atoms with Gasteiger partial charge < -0.3 is 10.2 Å². The van der Waals surface area contributed by atoms with E-state index < -0.39 is 16.1 Å². The normalized spacial score (nSPS) is 12.2. The van der Waals surface area contributed by atoms with E-state index in [4.69, 9.17) is 23.2 Å². The van der Waals surface area contributed by atoms with Crippen LogP contribution < -0.4 is 9.62 Å². The molecule has 42 heavy (non-hydrogen) atoms. The standard InChI is InChI=1S/C32H39Cl2N3O4S/c1-22(2)35-32(39)30(20-25-11-7-6-8-12-25)36(21-27-28(33)13-9-14-29(27)34)31(38)15-10-18-37(42(5,40)41)26-17-16-23(3)24(4)19-26/h6-9,11-14,16-17,19,22,30H,10,15,18,20-21H2,1-5H3,(H,35,39). The van der Waals surface area contributed by atoms with Crippen LogP contribution in [0, 0.1) is 13.8 Å². The van der Waals surface area contributed by atoms with Crippen molar-refractivity contribution in [1.82, 2.24) is 10.2 Å². The third-order valence-electron chi connectivity index (χ3n) is 7.02. The molecule has 2 amide bonds. The van der Waals surface area contributed by atoms with Crippen molar-refractivity contribution in [2.24, 2.45) is 0 Å². The Hall–Kier alpha value is -3.07. The molecule has 3 aromatic rings. The molecule has 0 aliphatic heterocycles. The molecule has 226 valence electrons. The molecule has 0 fully saturated rings. The van der Waals surface area contributed by atoms with Crippen LogP contribution in [0.2, 0.25) is 10.0 Å². The Balaban J connectivity index is 1.93. The number of anilines is 1. The minimum atomic E-state index is -3.60. The second kappa shape index (κ2) is 14.9. The number of amides is 2. The third kappa shape index (κ3) is 9.21. The Kier molecular flexibility index (Phi) is 11.9. The minimum Gasteiger partial charge on any atom is -0.352 e. The highest BCUT2D eigenvalue weighted by Gasteiger charge is 2.31. The summed E-state index contributed by atoms with van der Waals surface area (Å²) >= 11 is 13.0. The first-order valence-corrected chi connectivity index (χ1v) is 16.5. The Morgan fingerprint density at radius 3 is 2.12 bits per heavy atom. The van der Waals surface area contributed by atoms with Crippen LogP contribution in [0.5, 0.6) is 0 Å². The molecular weight excluding hydrogens is 593 g/mol. The number of halogens is 2. The molecule has 0 aliphatic carbocycles. The summed E-state index contributed by atoms with van der Waals surface area (Å²) in [6, 6.07) is 19.1. The van der Waals surface area contributed by atoms with Crippen LogP contribution in [0.15, 0.2) is 66.7 Å². The van der Waals surface area contributed by atoms with Crippen LogP contribution in [0.3, 0.4) is 0 Å². The van der Waals surface area contributed by atoms with Gasteiger partial charge in [-0.25, -0.2) is 8.42 Å². The van der Waals surface area contributed by atoms with Crippen LogP contribution in [0.25, 0.3) is 0 Å². The lowest BCUT2D eigenvalue weighted by atomic mass is 10.0. The van der Waals surface area contributed by atoms with Crippen molar-refractivity contribution >= 4 is 50.7 Å². The zero-order chi connectivity index (χ0) is 31.0. The van der Waals surface area contributed by atoms with E-state index in [1.54, 1.807) is 24.3 Å². The summed E-state index contributed by atoms with van der Waals surface area (Å²) in [4.78, 5) is 29.0. The maximum absolute atomic E-state index is 14.0. The molecular formula is C32H39Cl2N3O4S. The van der Waals surface area contributed by atoms with Crippen LogP contribution in [-0.4, -0.2) is 50.0 Å². The summed E-state index contributed by atoms with van der Waals surface area (Å²) in [5.74, 6) is -0.599. The van der Waals surface area contributed by atoms with E-state index in [0.29, 0.717) is 21.3 Å². The number of hydrogen-bond donors (Lipinski definition) is 1. The molecule has 3 aromatic carbocycles. The highest BCUT2D eigenvalue weighted by atomic mass is 35.5. The fourth-order valence-corrected chi connectivity index (χ4v) is 6.15. The van der Waals surface area contributed by atoms with Crippen molar-refractivity contribution in [1.29, 1.82) is 0 Å². The van der Waals surface area contributed by atoms with Gasteiger partial charge in [-0.15, -0.1) is 0 Å². The van der Waals surface area contributed by atoms with Gasteiger partial charge in [-0.1, -0.05) is 65.7 Å². The molecule has 0 aliphatic rings. The van der Waals surface area contributed by atoms with Gasteiger partial charge in [-0.05, 0) is 75.1 Å². The molecule has 0 radical (unpaired) electrons. The molecule has 0 heterocycles. The van der Waals surface area contributed by atoms with Gasteiger partial charge in [0.1, 0.15) is 6.04 Å². The van der Waals surface area contributed by atoms with Crippen LogP contribution >= 0.6 is 23.2 Å². The quantitative estimate of drug-likeness (QED) is 0.239. The van der Waals surface area contributed by atoms with E-state index in [9.17, 15) is 18.0 Å². The maximum Gasteiger partial charge on any atom is 0.243 e. The molecule has 1 N–H and O–H groups in total. The van der Waals surface area contributed by atoms with Gasteiger partial charge in [0.25, 0.3) is 0 Å². The Morgan fingerprint density at radius 2 is 1.55 bits per heavy atom. The van der Waals surface area contributed by atoms with Crippen molar-refractivity contribution in [2.45, 2.75) is 65.6 Å². The topological polar surface area (TPSA) is 86.8 Å². The second-order valence-electron chi connectivity index (χ2n) is 10.8. The number of nitrogens with one attached hydrogen (secondary N) is 1. The second-order valence-corrected chi connectivity index (χ2v) is 13.5. The van der Waals surface area contributed by atoms with Gasteiger partial charge in [0.2, 0.25) is 21.8 Å². The fourth-order valence-electron chi connectivity index (χ4n) is 4.67. The van der Waals surface area contributed by atoms with Gasteiger partial charge in [0.15, 0.2) is 0 Å². The largest absolute Gasteiger partial charge is 0.352 e. The lowest BCUT2D eigenvalue weighted by Gasteiger charge is -2.33.